The number of hydrogen-bond donors (Lipinski definition) is 4. The first-order valence-corrected chi connectivity index (χ1v) is 10.5. The third-order valence-electron chi connectivity index (χ3n) is 4.91. The van der Waals surface area contributed by atoms with Crippen molar-refractivity contribution in [2.75, 3.05) is 57.7 Å². The van der Waals surface area contributed by atoms with Gasteiger partial charge in [0.15, 0.2) is 5.11 Å². The molecule has 0 bridgehead atoms. The monoisotopic (exact) mass is 394 g/mol. The number of hydrogen-bond acceptors (Lipinski definition) is 3. The van der Waals surface area contributed by atoms with Crippen LogP contribution < -0.4 is 20.4 Å². The summed E-state index contributed by atoms with van der Waals surface area (Å²) in [7, 11) is 0. The average molecular weight is 395 g/mol. The summed E-state index contributed by atoms with van der Waals surface area (Å²) in [5.74, 6) is -0.302. The average Bonchev–Trinajstić information content (AvgIpc) is 2.67. The summed E-state index contributed by atoms with van der Waals surface area (Å²) in [5, 5.41) is 7.04. The van der Waals surface area contributed by atoms with Crippen LogP contribution in [0.4, 0.5) is 5.69 Å². The van der Waals surface area contributed by atoms with E-state index in [1.807, 2.05) is 12.1 Å². The maximum absolute atomic E-state index is 11.6. The Morgan fingerprint density at radius 1 is 1.07 bits per heavy atom. The topological polar surface area (TPSA) is 59.2 Å². The van der Waals surface area contributed by atoms with E-state index < -0.39 is 0 Å². The van der Waals surface area contributed by atoms with Crippen molar-refractivity contribution in [1.82, 2.24) is 5.32 Å². The van der Waals surface area contributed by atoms with Crippen LogP contribution in [0, 0.1) is 0 Å². The highest BCUT2D eigenvalue weighted by molar-refractivity contribution is 7.80. The summed E-state index contributed by atoms with van der Waals surface area (Å²) >= 11 is 5.35. The minimum Gasteiger partial charge on any atom is -0.462 e. The highest BCUT2D eigenvalue weighted by Gasteiger charge is 2.21. The molecule has 6 nitrogen and oxygen atoms in total. The number of carbonyl (C=O) groups excluding carboxylic acids is 1. The van der Waals surface area contributed by atoms with E-state index >= 15 is 0 Å². The number of piperazine rings is 1. The van der Waals surface area contributed by atoms with Crippen LogP contribution in [0.25, 0.3) is 0 Å². The van der Waals surface area contributed by atoms with Crippen LogP contribution in [0.3, 0.4) is 0 Å². The molecule has 1 fully saturated rings. The molecule has 0 spiro atoms. The molecule has 1 aliphatic rings. The van der Waals surface area contributed by atoms with Gasteiger partial charge in [0.1, 0.15) is 26.2 Å². The van der Waals surface area contributed by atoms with Gasteiger partial charge in [0.2, 0.25) is 0 Å². The van der Waals surface area contributed by atoms with Crippen LogP contribution in [0.1, 0.15) is 37.0 Å². The molecular weight excluding hydrogens is 360 g/mol. The number of ether oxygens (including phenoxy) is 1. The number of anilines is 1. The summed E-state index contributed by atoms with van der Waals surface area (Å²) in [5.41, 5.74) is 1.41. The normalized spacial score (nSPS) is 19.3. The van der Waals surface area contributed by atoms with Gasteiger partial charge in [-0.1, -0.05) is 6.92 Å². The Kier molecular flexibility index (Phi) is 9.52. The Bertz CT molecular complexity index is 586. The van der Waals surface area contributed by atoms with Crippen molar-refractivity contribution in [2.24, 2.45) is 0 Å². The van der Waals surface area contributed by atoms with Crippen molar-refractivity contribution in [1.29, 1.82) is 0 Å². The van der Waals surface area contributed by atoms with E-state index in [-0.39, 0.29) is 5.97 Å². The van der Waals surface area contributed by atoms with E-state index in [4.69, 9.17) is 17.0 Å². The number of rotatable bonds is 9. The van der Waals surface area contributed by atoms with Crippen molar-refractivity contribution in [2.45, 2.75) is 26.7 Å². The molecule has 1 aromatic carbocycles. The zero-order valence-electron chi connectivity index (χ0n) is 16.6. The molecule has 1 heterocycles. The summed E-state index contributed by atoms with van der Waals surface area (Å²) in [6.45, 7) is 13.0. The van der Waals surface area contributed by atoms with Gasteiger partial charge >= 0.3 is 5.97 Å². The van der Waals surface area contributed by atoms with Gasteiger partial charge in [-0.25, -0.2) is 4.79 Å². The van der Waals surface area contributed by atoms with Gasteiger partial charge in [-0.3, -0.25) is 0 Å². The highest BCUT2D eigenvalue weighted by Crippen LogP contribution is 2.10. The lowest BCUT2D eigenvalue weighted by atomic mass is 10.2. The lowest BCUT2D eigenvalue weighted by Gasteiger charge is -2.29. The van der Waals surface area contributed by atoms with Crippen LogP contribution in [0.5, 0.6) is 0 Å². The molecule has 0 amide bonds. The standard InChI is InChI=1S/C20H32N4O2S/c1-3-11-23-13-15-24(16-14-23)12-5-10-21-20(27)22-18-8-6-17(7-9-18)19(25)26-4-2/h6-9H,3-5,10-16H2,1-2H3,(H2,21,22,27)/p+2. The van der Waals surface area contributed by atoms with Gasteiger partial charge in [0.05, 0.1) is 25.3 Å². The molecule has 1 saturated heterocycles. The number of carbonyl (C=O) groups is 1. The van der Waals surface area contributed by atoms with Crippen LogP contribution >= 0.6 is 12.2 Å². The zero-order chi connectivity index (χ0) is 19.5. The fraction of sp³-hybridized carbons (Fsp3) is 0.600. The molecule has 0 aliphatic carbocycles. The molecule has 2 rings (SSSR count). The predicted octanol–water partition coefficient (Wildman–Crippen LogP) is -0.267. The maximum Gasteiger partial charge on any atom is 0.338 e. The quantitative estimate of drug-likeness (QED) is 0.264. The number of quaternary nitrogens is 2. The third-order valence-corrected chi connectivity index (χ3v) is 5.16. The number of benzene rings is 1. The second kappa shape index (κ2) is 11.9. The Hall–Kier alpha value is -1.70. The lowest BCUT2D eigenvalue weighted by molar-refractivity contribution is -1.01. The van der Waals surface area contributed by atoms with Crippen molar-refractivity contribution >= 4 is 29.0 Å². The van der Waals surface area contributed by atoms with E-state index in [9.17, 15) is 4.79 Å². The molecule has 150 valence electrons. The molecule has 0 atom stereocenters. The van der Waals surface area contributed by atoms with Crippen molar-refractivity contribution in [3.05, 3.63) is 29.8 Å². The van der Waals surface area contributed by atoms with Crippen LogP contribution in [-0.2, 0) is 4.74 Å². The van der Waals surface area contributed by atoms with E-state index in [0.717, 1.165) is 18.7 Å². The van der Waals surface area contributed by atoms with Gasteiger partial charge in [-0.15, -0.1) is 0 Å². The smallest absolute Gasteiger partial charge is 0.338 e. The van der Waals surface area contributed by atoms with Crippen LogP contribution in [0.15, 0.2) is 24.3 Å². The fourth-order valence-electron chi connectivity index (χ4n) is 3.43. The maximum atomic E-state index is 11.6. The Labute approximate surface area is 168 Å². The minimum atomic E-state index is -0.302. The molecular formula is C20H34N4O2S+2. The summed E-state index contributed by atoms with van der Waals surface area (Å²) in [6, 6.07) is 7.16. The first-order chi connectivity index (χ1) is 13.1. The zero-order valence-corrected chi connectivity index (χ0v) is 17.4. The Morgan fingerprint density at radius 3 is 2.30 bits per heavy atom. The first kappa shape index (κ1) is 21.6. The SMILES string of the molecule is CCC[NH+]1CC[NH+](CCCNC(=S)Nc2ccc(C(=O)OCC)cc2)CC1. The molecule has 0 radical (unpaired) electrons. The van der Waals surface area contributed by atoms with Gasteiger partial charge in [0.25, 0.3) is 0 Å². The number of nitrogens with one attached hydrogen (secondary N) is 4. The highest BCUT2D eigenvalue weighted by atomic mass is 32.1. The van der Waals surface area contributed by atoms with Crippen LogP contribution in [-0.4, -0.2) is 63.5 Å². The van der Waals surface area contributed by atoms with E-state index in [0.29, 0.717) is 17.3 Å². The van der Waals surface area contributed by atoms with Crippen LogP contribution in [0.2, 0.25) is 0 Å². The van der Waals surface area contributed by atoms with Crippen molar-refractivity contribution in [3.63, 3.8) is 0 Å². The van der Waals surface area contributed by atoms with Crippen molar-refractivity contribution < 1.29 is 19.3 Å². The summed E-state index contributed by atoms with van der Waals surface area (Å²) < 4.78 is 4.98. The molecule has 0 unspecified atom stereocenters. The van der Waals surface area contributed by atoms with E-state index in [1.165, 1.54) is 45.7 Å². The second-order valence-electron chi connectivity index (χ2n) is 7.03. The van der Waals surface area contributed by atoms with Crippen molar-refractivity contribution in [3.8, 4) is 0 Å². The number of esters is 1. The first-order valence-electron chi connectivity index (χ1n) is 10.1. The molecule has 0 aromatic heterocycles. The summed E-state index contributed by atoms with van der Waals surface area (Å²) in [6.07, 6.45) is 2.40. The Balaban J connectivity index is 1.60. The lowest BCUT2D eigenvalue weighted by Crippen LogP contribution is -3.28. The third kappa shape index (κ3) is 7.82. The fourth-order valence-corrected chi connectivity index (χ4v) is 3.65. The van der Waals surface area contributed by atoms with Gasteiger partial charge in [0, 0.05) is 18.7 Å². The summed E-state index contributed by atoms with van der Waals surface area (Å²) in [4.78, 5) is 15.1. The van der Waals surface area contributed by atoms with Gasteiger partial charge in [-0.2, -0.15) is 0 Å². The van der Waals surface area contributed by atoms with E-state index in [2.05, 4.69) is 17.6 Å². The molecule has 1 aromatic rings. The number of thiocarbonyl (C=S) groups is 1. The van der Waals surface area contributed by atoms with Gasteiger partial charge in [-0.05, 0) is 49.8 Å². The molecule has 4 N–H and O–H groups in total. The molecule has 27 heavy (non-hydrogen) atoms. The van der Waals surface area contributed by atoms with Gasteiger partial charge < -0.3 is 25.2 Å². The molecule has 0 saturated carbocycles. The predicted molar refractivity (Wildman–Crippen MR) is 113 cm³/mol. The molecule has 1 aliphatic heterocycles. The Morgan fingerprint density at radius 2 is 1.70 bits per heavy atom. The second-order valence-corrected chi connectivity index (χ2v) is 7.44. The molecule has 7 heteroatoms. The van der Waals surface area contributed by atoms with E-state index in [1.54, 1.807) is 28.9 Å². The largest absolute Gasteiger partial charge is 0.462 e. The minimum absolute atomic E-state index is 0.302.